The first-order chi connectivity index (χ1) is 9.10. The molecular weight excluding hydrogens is 308 g/mol. The molecule has 1 amide bonds. The smallest absolute Gasteiger partial charge is 0.219 e. The van der Waals surface area contributed by atoms with Crippen LogP contribution in [0, 0.1) is 0 Å². The molecule has 19 heavy (non-hydrogen) atoms. The van der Waals surface area contributed by atoms with Crippen molar-refractivity contribution in [1.82, 2.24) is 4.90 Å². The third kappa shape index (κ3) is 3.62. The number of carbonyl (C=O) groups is 1. The molecule has 0 bridgehead atoms. The maximum Gasteiger partial charge on any atom is 0.219 e. The molecule has 0 unspecified atom stereocenters. The lowest BCUT2D eigenvalue weighted by atomic mass is 10.0. The van der Waals surface area contributed by atoms with E-state index >= 15 is 0 Å². The van der Waals surface area contributed by atoms with Crippen molar-refractivity contribution in [3.05, 3.63) is 22.7 Å². The number of amides is 1. The highest BCUT2D eigenvalue weighted by atomic mass is 79.9. The predicted octanol–water partition coefficient (Wildman–Crippen LogP) is 2.88. The molecule has 1 heterocycles. The molecule has 0 radical (unpaired) electrons. The van der Waals surface area contributed by atoms with Gasteiger partial charge in [0.25, 0.3) is 0 Å². The van der Waals surface area contributed by atoms with Gasteiger partial charge in [-0.25, -0.2) is 0 Å². The fourth-order valence-electron chi connectivity index (χ4n) is 2.30. The van der Waals surface area contributed by atoms with Gasteiger partial charge in [0.05, 0.1) is 12.8 Å². The molecule has 1 aromatic carbocycles. The van der Waals surface area contributed by atoms with Gasteiger partial charge < -0.3 is 15.0 Å². The summed E-state index contributed by atoms with van der Waals surface area (Å²) in [5.74, 6) is 1.01. The molecule has 0 saturated carbocycles. The first-order valence-electron chi connectivity index (χ1n) is 6.45. The first kappa shape index (κ1) is 14.2. The third-order valence-electron chi connectivity index (χ3n) is 3.47. The van der Waals surface area contributed by atoms with Gasteiger partial charge in [-0.15, -0.1) is 0 Å². The molecule has 0 aliphatic carbocycles. The summed E-state index contributed by atoms with van der Waals surface area (Å²) in [6.45, 7) is 3.29. The van der Waals surface area contributed by atoms with Crippen molar-refractivity contribution in [2.75, 3.05) is 25.5 Å². The Morgan fingerprint density at radius 2 is 2.11 bits per heavy atom. The highest BCUT2D eigenvalue weighted by molar-refractivity contribution is 9.10. The Kier molecular flexibility index (Phi) is 4.69. The van der Waals surface area contributed by atoms with Crippen molar-refractivity contribution in [2.45, 2.75) is 25.8 Å². The average molecular weight is 327 g/mol. The van der Waals surface area contributed by atoms with Gasteiger partial charge in [0.2, 0.25) is 5.91 Å². The molecule has 0 atom stereocenters. The summed E-state index contributed by atoms with van der Waals surface area (Å²) in [5.41, 5.74) is 1.04. The van der Waals surface area contributed by atoms with E-state index in [1.165, 1.54) is 0 Å². The van der Waals surface area contributed by atoms with E-state index in [1.807, 2.05) is 23.1 Å². The van der Waals surface area contributed by atoms with Crippen molar-refractivity contribution in [3.8, 4) is 5.75 Å². The van der Waals surface area contributed by atoms with Crippen LogP contribution < -0.4 is 10.1 Å². The molecule has 104 valence electrons. The summed E-state index contributed by atoms with van der Waals surface area (Å²) in [6.07, 6.45) is 1.95. The van der Waals surface area contributed by atoms with Crippen LogP contribution in [0.1, 0.15) is 19.8 Å². The second-order valence-electron chi connectivity index (χ2n) is 4.77. The SMILES string of the molecule is COc1ccc(Br)c(NC2CCN(C(C)=O)CC2)c1. The van der Waals surface area contributed by atoms with Gasteiger partial charge in [0.1, 0.15) is 5.75 Å². The summed E-state index contributed by atoms with van der Waals surface area (Å²) in [5, 5.41) is 3.52. The first-order valence-corrected chi connectivity index (χ1v) is 7.25. The molecule has 4 nitrogen and oxygen atoms in total. The van der Waals surface area contributed by atoms with E-state index in [9.17, 15) is 4.79 Å². The Labute approximate surface area is 122 Å². The maximum absolute atomic E-state index is 11.3. The van der Waals surface area contributed by atoms with Gasteiger partial charge in [0.15, 0.2) is 0 Å². The lowest BCUT2D eigenvalue weighted by Gasteiger charge is -2.32. The van der Waals surface area contributed by atoms with Crippen LogP contribution in [0.25, 0.3) is 0 Å². The number of benzene rings is 1. The lowest BCUT2D eigenvalue weighted by Crippen LogP contribution is -2.41. The van der Waals surface area contributed by atoms with Gasteiger partial charge in [-0.05, 0) is 40.9 Å². The topological polar surface area (TPSA) is 41.6 Å². The van der Waals surface area contributed by atoms with Crippen molar-refractivity contribution < 1.29 is 9.53 Å². The normalized spacial score (nSPS) is 16.3. The molecular formula is C14H19BrN2O2. The Morgan fingerprint density at radius 1 is 1.42 bits per heavy atom. The molecule has 0 aromatic heterocycles. The number of hydrogen-bond acceptors (Lipinski definition) is 3. The number of nitrogens with zero attached hydrogens (tertiary/aromatic N) is 1. The van der Waals surface area contributed by atoms with Crippen LogP contribution in [0.4, 0.5) is 5.69 Å². The van der Waals surface area contributed by atoms with Crippen LogP contribution in [0.15, 0.2) is 22.7 Å². The van der Waals surface area contributed by atoms with E-state index in [1.54, 1.807) is 14.0 Å². The summed E-state index contributed by atoms with van der Waals surface area (Å²) in [6, 6.07) is 6.29. The van der Waals surface area contributed by atoms with Crippen LogP contribution in [-0.4, -0.2) is 37.0 Å². The molecule has 2 rings (SSSR count). The second kappa shape index (κ2) is 6.28. The molecule has 1 saturated heterocycles. The van der Waals surface area contributed by atoms with E-state index in [0.29, 0.717) is 6.04 Å². The summed E-state index contributed by atoms with van der Waals surface area (Å²) >= 11 is 3.54. The van der Waals surface area contributed by atoms with Gasteiger partial charge in [-0.3, -0.25) is 4.79 Å². The molecule has 1 fully saturated rings. The minimum absolute atomic E-state index is 0.168. The van der Waals surface area contributed by atoms with Gasteiger partial charge in [-0.2, -0.15) is 0 Å². The Balaban J connectivity index is 1.97. The molecule has 0 spiro atoms. The quantitative estimate of drug-likeness (QED) is 0.928. The van der Waals surface area contributed by atoms with Crippen LogP contribution in [0.5, 0.6) is 5.75 Å². The van der Waals surface area contributed by atoms with Crippen molar-refractivity contribution in [3.63, 3.8) is 0 Å². The number of rotatable bonds is 3. The Bertz CT molecular complexity index is 457. The number of halogens is 1. The fraction of sp³-hybridized carbons (Fsp3) is 0.500. The van der Waals surface area contributed by atoms with Crippen LogP contribution >= 0.6 is 15.9 Å². The predicted molar refractivity (Wildman–Crippen MR) is 79.6 cm³/mol. The lowest BCUT2D eigenvalue weighted by molar-refractivity contribution is -0.129. The highest BCUT2D eigenvalue weighted by Crippen LogP contribution is 2.29. The maximum atomic E-state index is 11.3. The largest absolute Gasteiger partial charge is 0.497 e. The number of anilines is 1. The van der Waals surface area contributed by atoms with Gasteiger partial charge >= 0.3 is 0 Å². The number of methoxy groups -OCH3 is 1. The summed E-state index contributed by atoms with van der Waals surface area (Å²) in [4.78, 5) is 13.2. The minimum atomic E-state index is 0.168. The average Bonchev–Trinajstić information content (AvgIpc) is 2.42. The number of piperidine rings is 1. The fourth-order valence-corrected chi connectivity index (χ4v) is 2.66. The van der Waals surface area contributed by atoms with Crippen molar-refractivity contribution >= 4 is 27.5 Å². The van der Waals surface area contributed by atoms with E-state index in [0.717, 1.165) is 41.8 Å². The van der Waals surface area contributed by atoms with E-state index < -0.39 is 0 Å². The molecule has 1 aliphatic heterocycles. The van der Waals surface area contributed by atoms with Crippen LogP contribution in [-0.2, 0) is 4.79 Å². The number of ether oxygens (including phenoxy) is 1. The van der Waals surface area contributed by atoms with Crippen molar-refractivity contribution in [2.24, 2.45) is 0 Å². The third-order valence-corrected chi connectivity index (χ3v) is 4.16. The Hall–Kier alpha value is -1.23. The van der Waals surface area contributed by atoms with Crippen LogP contribution in [0.3, 0.4) is 0 Å². The van der Waals surface area contributed by atoms with E-state index in [4.69, 9.17) is 4.74 Å². The number of hydrogen-bond donors (Lipinski definition) is 1. The van der Waals surface area contributed by atoms with Crippen LogP contribution in [0.2, 0.25) is 0 Å². The van der Waals surface area contributed by atoms with Crippen molar-refractivity contribution in [1.29, 1.82) is 0 Å². The molecule has 1 aromatic rings. The summed E-state index contributed by atoms with van der Waals surface area (Å²) in [7, 11) is 1.67. The van der Waals surface area contributed by atoms with Gasteiger partial charge in [-0.1, -0.05) is 0 Å². The zero-order valence-corrected chi connectivity index (χ0v) is 12.9. The van der Waals surface area contributed by atoms with Gasteiger partial charge in [0, 0.05) is 36.6 Å². The number of nitrogens with one attached hydrogen (secondary N) is 1. The highest BCUT2D eigenvalue weighted by Gasteiger charge is 2.21. The zero-order chi connectivity index (χ0) is 13.8. The monoisotopic (exact) mass is 326 g/mol. The molecule has 1 aliphatic rings. The Morgan fingerprint density at radius 3 is 2.68 bits per heavy atom. The molecule has 1 N–H and O–H groups in total. The number of likely N-dealkylation sites (tertiary alicyclic amines) is 1. The molecule has 5 heteroatoms. The standard InChI is InChI=1S/C14H19BrN2O2/c1-10(18)17-7-5-11(6-8-17)16-14-9-12(19-2)3-4-13(14)15/h3-4,9,11,16H,5-8H2,1-2H3. The number of carbonyl (C=O) groups excluding carboxylic acids is 1. The second-order valence-corrected chi connectivity index (χ2v) is 5.62. The van der Waals surface area contributed by atoms with E-state index in [2.05, 4.69) is 21.2 Å². The zero-order valence-electron chi connectivity index (χ0n) is 11.3. The van der Waals surface area contributed by atoms with E-state index in [-0.39, 0.29) is 5.91 Å². The minimum Gasteiger partial charge on any atom is -0.497 e. The summed E-state index contributed by atoms with van der Waals surface area (Å²) < 4.78 is 6.26.